The number of benzene rings is 1. The van der Waals surface area contributed by atoms with Crippen molar-refractivity contribution in [1.82, 2.24) is 14.9 Å². The Kier molecular flexibility index (Phi) is 3.77. The van der Waals surface area contributed by atoms with Gasteiger partial charge in [-0.1, -0.05) is 38.1 Å². The lowest BCUT2D eigenvalue weighted by atomic mass is 9.70. The number of imidazole rings is 1. The zero-order valence-corrected chi connectivity index (χ0v) is 13.5. The second-order valence-corrected chi connectivity index (χ2v) is 6.79. The minimum Gasteiger partial charge on any atom is -0.351 e. The molecule has 0 bridgehead atoms. The van der Waals surface area contributed by atoms with Crippen LogP contribution in [0.15, 0.2) is 36.8 Å². The Morgan fingerprint density at radius 1 is 1.41 bits per heavy atom. The fourth-order valence-electron chi connectivity index (χ4n) is 3.49. The van der Waals surface area contributed by atoms with Gasteiger partial charge in [-0.05, 0) is 29.4 Å². The Morgan fingerprint density at radius 3 is 2.95 bits per heavy atom. The molecule has 4 nitrogen and oxygen atoms in total. The fraction of sp³-hybridized carbons (Fsp3) is 0.444. The topological polar surface area (TPSA) is 46.9 Å². The zero-order chi connectivity index (χ0) is 15.7. The maximum absolute atomic E-state index is 11.2. The van der Waals surface area contributed by atoms with Crippen LogP contribution in [0.3, 0.4) is 0 Å². The molecule has 0 radical (unpaired) electrons. The quantitative estimate of drug-likeness (QED) is 0.946. The summed E-state index contributed by atoms with van der Waals surface area (Å²) >= 11 is 0. The Balaban J connectivity index is 2.03. The number of amides is 1. The van der Waals surface area contributed by atoms with Gasteiger partial charge in [0.15, 0.2) is 0 Å². The summed E-state index contributed by atoms with van der Waals surface area (Å²) in [5.41, 5.74) is 4.00. The van der Waals surface area contributed by atoms with E-state index in [9.17, 15) is 4.79 Å². The van der Waals surface area contributed by atoms with Crippen molar-refractivity contribution in [3.63, 3.8) is 0 Å². The predicted octanol–water partition coefficient (Wildman–Crippen LogP) is 3.08. The smallest absolute Gasteiger partial charge is 0.217 e. The van der Waals surface area contributed by atoms with E-state index in [0.717, 1.165) is 18.5 Å². The summed E-state index contributed by atoms with van der Waals surface area (Å²) in [5, 5.41) is 2.88. The van der Waals surface area contributed by atoms with Gasteiger partial charge in [-0.2, -0.15) is 0 Å². The first-order valence-electron chi connectivity index (χ1n) is 7.82. The molecule has 0 aliphatic heterocycles. The first kappa shape index (κ1) is 14.8. The summed E-state index contributed by atoms with van der Waals surface area (Å²) in [6, 6.07) is 8.92. The number of fused-ring (bicyclic) bond motifs is 1. The second kappa shape index (κ2) is 5.59. The molecule has 1 N–H and O–H groups in total. The van der Waals surface area contributed by atoms with Crippen molar-refractivity contribution in [3.05, 3.63) is 53.6 Å². The monoisotopic (exact) mass is 297 g/mol. The van der Waals surface area contributed by atoms with Crippen molar-refractivity contribution in [2.45, 2.75) is 46.2 Å². The molecule has 4 heteroatoms. The Hall–Kier alpha value is -2.10. The molecule has 1 unspecified atom stereocenters. The molecule has 2 aromatic rings. The number of carbonyl (C=O) groups excluding carboxylic acids is 1. The van der Waals surface area contributed by atoms with Crippen LogP contribution in [0.5, 0.6) is 0 Å². The van der Waals surface area contributed by atoms with Gasteiger partial charge >= 0.3 is 0 Å². The highest BCUT2D eigenvalue weighted by molar-refractivity contribution is 5.72. The number of hydrogen-bond donors (Lipinski definition) is 1. The number of rotatable bonds is 3. The predicted molar refractivity (Wildman–Crippen MR) is 86.4 cm³/mol. The highest BCUT2D eigenvalue weighted by Gasteiger charge is 2.37. The number of carbonyl (C=O) groups is 1. The zero-order valence-electron chi connectivity index (χ0n) is 13.5. The maximum atomic E-state index is 11.2. The molecule has 1 heterocycles. The van der Waals surface area contributed by atoms with Gasteiger partial charge in [-0.25, -0.2) is 4.98 Å². The van der Waals surface area contributed by atoms with E-state index in [1.54, 1.807) is 6.92 Å². The third-order valence-electron chi connectivity index (χ3n) is 4.67. The maximum Gasteiger partial charge on any atom is 0.217 e. The summed E-state index contributed by atoms with van der Waals surface area (Å²) in [6.45, 7) is 6.69. The van der Waals surface area contributed by atoms with Crippen LogP contribution in [-0.2, 0) is 17.8 Å². The third kappa shape index (κ3) is 2.65. The van der Waals surface area contributed by atoms with E-state index in [1.807, 2.05) is 12.5 Å². The highest BCUT2D eigenvalue weighted by Crippen LogP contribution is 2.46. The number of hydrogen-bond acceptors (Lipinski definition) is 2. The third-order valence-corrected chi connectivity index (χ3v) is 4.67. The Labute approximate surface area is 131 Å². The Morgan fingerprint density at radius 2 is 2.18 bits per heavy atom. The number of aromatic nitrogens is 2. The van der Waals surface area contributed by atoms with E-state index in [2.05, 4.69) is 53.0 Å². The van der Waals surface area contributed by atoms with Crippen LogP contribution in [0.25, 0.3) is 0 Å². The largest absolute Gasteiger partial charge is 0.351 e. The molecular formula is C18H23N3O. The van der Waals surface area contributed by atoms with Gasteiger partial charge in [0, 0.05) is 13.1 Å². The van der Waals surface area contributed by atoms with Gasteiger partial charge in [0.05, 0.1) is 24.6 Å². The molecule has 0 saturated heterocycles. The molecule has 116 valence electrons. The number of nitrogens with zero attached hydrogens (tertiary/aromatic N) is 2. The lowest BCUT2D eigenvalue weighted by Crippen LogP contribution is -2.34. The number of aryl methyl sites for hydroxylation is 1. The molecule has 0 fully saturated rings. The van der Waals surface area contributed by atoms with Crippen molar-refractivity contribution >= 4 is 5.91 Å². The Bertz CT molecular complexity index is 687. The summed E-state index contributed by atoms with van der Waals surface area (Å²) in [6.07, 6.45) is 6.01. The first-order valence-corrected chi connectivity index (χ1v) is 7.82. The second-order valence-electron chi connectivity index (χ2n) is 6.79. The van der Waals surface area contributed by atoms with Crippen LogP contribution in [0.4, 0.5) is 0 Å². The first-order chi connectivity index (χ1) is 10.5. The number of nitrogens with one attached hydrogen (secondary N) is 1. The van der Waals surface area contributed by atoms with Crippen LogP contribution in [-0.4, -0.2) is 15.5 Å². The van der Waals surface area contributed by atoms with Gasteiger partial charge in [0.1, 0.15) is 0 Å². The van der Waals surface area contributed by atoms with Crippen molar-refractivity contribution < 1.29 is 4.79 Å². The van der Waals surface area contributed by atoms with E-state index in [4.69, 9.17) is 0 Å². The molecule has 1 aromatic carbocycles. The SMILES string of the molecule is CC(=O)NCc1cncn1C1c2ccccc2CCC1(C)C. The van der Waals surface area contributed by atoms with Crippen LogP contribution < -0.4 is 5.32 Å². The van der Waals surface area contributed by atoms with Gasteiger partial charge in [-0.3, -0.25) is 4.79 Å². The molecule has 1 atom stereocenters. The van der Waals surface area contributed by atoms with Gasteiger partial charge in [0.25, 0.3) is 0 Å². The fourth-order valence-corrected chi connectivity index (χ4v) is 3.49. The van der Waals surface area contributed by atoms with E-state index in [0.29, 0.717) is 6.54 Å². The van der Waals surface area contributed by atoms with Crippen LogP contribution in [0, 0.1) is 5.41 Å². The van der Waals surface area contributed by atoms with Gasteiger partial charge in [0.2, 0.25) is 5.91 Å². The minimum atomic E-state index is -0.0175. The molecule has 0 saturated carbocycles. The summed E-state index contributed by atoms with van der Waals surface area (Å²) in [7, 11) is 0. The summed E-state index contributed by atoms with van der Waals surface area (Å²) in [5.74, 6) is -0.0175. The summed E-state index contributed by atoms with van der Waals surface area (Å²) in [4.78, 5) is 15.5. The van der Waals surface area contributed by atoms with E-state index < -0.39 is 0 Å². The van der Waals surface area contributed by atoms with Crippen LogP contribution in [0.2, 0.25) is 0 Å². The molecule has 1 aliphatic rings. The average molecular weight is 297 g/mol. The summed E-state index contributed by atoms with van der Waals surface area (Å²) < 4.78 is 2.23. The molecule has 1 amide bonds. The lowest BCUT2D eigenvalue weighted by Gasteiger charge is -2.41. The molecule has 22 heavy (non-hydrogen) atoms. The normalized spacial score (nSPS) is 19.5. The molecule has 0 spiro atoms. The molecule has 1 aliphatic carbocycles. The standard InChI is InChI=1S/C18H23N3O/c1-13(22)20-11-15-10-19-12-21(15)17-16-7-5-4-6-14(16)8-9-18(17,2)3/h4-7,10,12,17H,8-9,11H2,1-3H3,(H,20,22). The van der Waals surface area contributed by atoms with E-state index >= 15 is 0 Å². The molecule has 1 aromatic heterocycles. The van der Waals surface area contributed by atoms with Crippen molar-refractivity contribution in [3.8, 4) is 0 Å². The van der Waals surface area contributed by atoms with Crippen molar-refractivity contribution in [2.24, 2.45) is 5.41 Å². The van der Waals surface area contributed by atoms with Gasteiger partial charge in [-0.15, -0.1) is 0 Å². The van der Waals surface area contributed by atoms with E-state index in [-0.39, 0.29) is 17.4 Å². The van der Waals surface area contributed by atoms with Gasteiger partial charge < -0.3 is 9.88 Å². The van der Waals surface area contributed by atoms with Crippen molar-refractivity contribution in [1.29, 1.82) is 0 Å². The van der Waals surface area contributed by atoms with Crippen molar-refractivity contribution in [2.75, 3.05) is 0 Å². The lowest BCUT2D eigenvalue weighted by molar-refractivity contribution is -0.119. The highest BCUT2D eigenvalue weighted by atomic mass is 16.1. The van der Waals surface area contributed by atoms with E-state index in [1.165, 1.54) is 11.1 Å². The minimum absolute atomic E-state index is 0.0175. The van der Waals surface area contributed by atoms with Crippen LogP contribution >= 0.6 is 0 Å². The van der Waals surface area contributed by atoms with Crippen LogP contribution in [0.1, 0.15) is 50.1 Å². The molecule has 3 rings (SSSR count). The average Bonchev–Trinajstić information content (AvgIpc) is 2.92. The molecular weight excluding hydrogens is 274 g/mol.